The smallest absolute Gasteiger partial charge is 0.140 e. The van der Waals surface area contributed by atoms with E-state index >= 15 is 0 Å². The second-order valence-corrected chi connectivity index (χ2v) is 5.87. The van der Waals surface area contributed by atoms with Crippen LogP contribution in [0.4, 0.5) is 4.39 Å². The summed E-state index contributed by atoms with van der Waals surface area (Å²) in [5.74, 6) is 0.278. The average molecular weight is 288 g/mol. The van der Waals surface area contributed by atoms with Crippen molar-refractivity contribution in [3.8, 4) is 0 Å². The Balaban J connectivity index is 1.97. The number of halogens is 1. The Morgan fingerprint density at radius 2 is 2.00 bits per heavy atom. The van der Waals surface area contributed by atoms with Crippen molar-refractivity contribution in [3.63, 3.8) is 0 Å². The van der Waals surface area contributed by atoms with E-state index in [9.17, 15) is 9.50 Å². The summed E-state index contributed by atoms with van der Waals surface area (Å²) < 4.78 is 19.1. The SMILES string of the molecule is Cc1c(C(O)/C2=C/CCCCCC2)oc2ccc(F)cc12. The van der Waals surface area contributed by atoms with Crippen LogP contribution in [-0.2, 0) is 0 Å². The second kappa shape index (κ2) is 6.02. The molecule has 1 aliphatic rings. The molecule has 1 unspecified atom stereocenters. The number of aryl methyl sites for hydroxylation is 1. The van der Waals surface area contributed by atoms with Gasteiger partial charge in [0.2, 0.25) is 0 Å². The van der Waals surface area contributed by atoms with Gasteiger partial charge in [-0.15, -0.1) is 0 Å². The molecular weight excluding hydrogens is 267 g/mol. The van der Waals surface area contributed by atoms with E-state index < -0.39 is 6.10 Å². The van der Waals surface area contributed by atoms with Gasteiger partial charge in [0.1, 0.15) is 23.3 Å². The topological polar surface area (TPSA) is 33.4 Å². The molecule has 1 N–H and O–H groups in total. The van der Waals surface area contributed by atoms with E-state index in [2.05, 4.69) is 6.08 Å². The molecule has 1 aromatic carbocycles. The molecule has 3 rings (SSSR count). The van der Waals surface area contributed by atoms with Crippen LogP contribution in [0.1, 0.15) is 56.0 Å². The molecule has 0 saturated carbocycles. The minimum Gasteiger partial charge on any atom is -0.458 e. The number of furan rings is 1. The standard InChI is InChI=1S/C18H21FO2/c1-12-15-11-14(19)9-10-16(15)21-18(12)17(20)13-7-5-3-2-4-6-8-13/h7,9-11,17,20H,2-6,8H2,1H3/b13-7+. The van der Waals surface area contributed by atoms with Gasteiger partial charge in [0.25, 0.3) is 0 Å². The summed E-state index contributed by atoms with van der Waals surface area (Å²) in [5, 5.41) is 11.4. The minimum absolute atomic E-state index is 0.280. The molecule has 0 aliphatic heterocycles. The highest BCUT2D eigenvalue weighted by molar-refractivity contribution is 5.82. The van der Waals surface area contributed by atoms with Crippen molar-refractivity contribution in [2.45, 2.75) is 51.6 Å². The van der Waals surface area contributed by atoms with Crippen molar-refractivity contribution in [2.75, 3.05) is 0 Å². The summed E-state index contributed by atoms with van der Waals surface area (Å²) in [6.07, 6.45) is 8.14. The van der Waals surface area contributed by atoms with Crippen molar-refractivity contribution in [1.29, 1.82) is 0 Å². The zero-order valence-electron chi connectivity index (χ0n) is 12.4. The Bertz CT molecular complexity index is 669. The van der Waals surface area contributed by atoms with Crippen molar-refractivity contribution >= 4 is 11.0 Å². The van der Waals surface area contributed by atoms with Gasteiger partial charge in [-0.1, -0.05) is 18.9 Å². The van der Waals surface area contributed by atoms with E-state index in [-0.39, 0.29) is 5.82 Å². The van der Waals surface area contributed by atoms with Gasteiger partial charge in [-0.3, -0.25) is 0 Å². The van der Waals surface area contributed by atoms with Crippen LogP contribution in [0.5, 0.6) is 0 Å². The fourth-order valence-electron chi connectivity index (χ4n) is 3.11. The zero-order chi connectivity index (χ0) is 14.8. The Hall–Kier alpha value is -1.61. The Morgan fingerprint density at radius 3 is 2.86 bits per heavy atom. The van der Waals surface area contributed by atoms with Crippen molar-refractivity contribution in [2.24, 2.45) is 0 Å². The van der Waals surface area contributed by atoms with E-state index in [0.29, 0.717) is 11.3 Å². The molecule has 3 heteroatoms. The summed E-state index contributed by atoms with van der Waals surface area (Å²) in [6.45, 7) is 1.88. The van der Waals surface area contributed by atoms with Gasteiger partial charge >= 0.3 is 0 Å². The number of hydrogen-bond donors (Lipinski definition) is 1. The third-order valence-electron chi connectivity index (χ3n) is 4.36. The molecular formula is C18H21FO2. The van der Waals surface area contributed by atoms with Gasteiger partial charge in [0, 0.05) is 10.9 Å². The molecule has 0 saturated heterocycles. The van der Waals surface area contributed by atoms with Gasteiger partial charge in [0.15, 0.2) is 0 Å². The van der Waals surface area contributed by atoms with Gasteiger partial charge in [0.05, 0.1) is 0 Å². The molecule has 21 heavy (non-hydrogen) atoms. The van der Waals surface area contributed by atoms with Gasteiger partial charge in [-0.25, -0.2) is 4.39 Å². The molecule has 2 aromatic rings. The van der Waals surface area contributed by atoms with E-state index in [1.54, 1.807) is 6.07 Å². The number of aliphatic hydroxyl groups is 1. The molecule has 0 radical (unpaired) electrons. The lowest BCUT2D eigenvalue weighted by Crippen LogP contribution is -2.04. The monoisotopic (exact) mass is 288 g/mol. The van der Waals surface area contributed by atoms with Crippen LogP contribution in [0.15, 0.2) is 34.3 Å². The first kappa shape index (κ1) is 14.3. The van der Waals surface area contributed by atoms with E-state index in [1.165, 1.54) is 31.4 Å². The third kappa shape index (κ3) is 2.88. The number of allylic oxidation sites excluding steroid dienone is 1. The molecule has 1 atom stereocenters. The lowest BCUT2D eigenvalue weighted by Gasteiger charge is -2.16. The van der Waals surface area contributed by atoms with Crippen molar-refractivity contribution < 1.29 is 13.9 Å². The molecule has 0 spiro atoms. The summed E-state index contributed by atoms with van der Waals surface area (Å²) in [7, 11) is 0. The first-order chi connectivity index (χ1) is 10.2. The molecule has 112 valence electrons. The lowest BCUT2D eigenvalue weighted by molar-refractivity contribution is 0.181. The summed E-state index contributed by atoms with van der Waals surface area (Å²) in [4.78, 5) is 0. The van der Waals surface area contributed by atoms with Crippen LogP contribution < -0.4 is 0 Å². The van der Waals surface area contributed by atoms with Crippen LogP contribution in [0.3, 0.4) is 0 Å². The van der Waals surface area contributed by atoms with Gasteiger partial charge in [-0.05, 0) is 56.4 Å². The van der Waals surface area contributed by atoms with E-state index in [0.717, 1.165) is 35.8 Å². The summed E-state index contributed by atoms with van der Waals surface area (Å²) in [6, 6.07) is 4.48. The van der Waals surface area contributed by atoms with Crippen molar-refractivity contribution in [3.05, 3.63) is 47.0 Å². The van der Waals surface area contributed by atoms with Crippen LogP contribution in [-0.4, -0.2) is 5.11 Å². The molecule has 1 aliphatic carbocycles. The first-order valence-corrected chi connectivity index (χ1v) is 7.72. The highest BCUT2D eigenvalue weighted by atomic mass is 19.1. The number of hydrogen-bond acceptors (Lipinski definition) is 2. The molecule has 0 fully saturated rings. The van der Waals surface area contributed by atoms with E-state index in [1.807, 2.05) is 6.92 Å². The van der Waals surface area contributed by atoms with Crippen LogP contribution in [0.2, 0.25) is 0 Å². The highest BCUT2D eigenvalue weighted by Gasteiger charge is 2.22. The molecule has 0 amide bonds. The quantitative estimate of drug-likeness (QED) is 0.771. The number of rotatable bonds is 2. The molecule has 2 nitrogen and oxygen atoms in total. The average Bonchev–Trinajstić information content (AvgIpc) is 2.75. The molecule has 0 bridgehead atoms. The predicted octanol–water partition coefficient (Wildman–Crippen LogP) is 5.19. The van der Waals surface area contributed by atoms with Gasteiger partial charge in [-0.2, -0.15) is 0 Å². The Labute approximate surface area is 124 Å². The fraction of sp³-hybridized carbons (Fsp3) is 0.444. The maximum absolute atomic E-state index is 13.4. The zero-order valence-corrected chi connectivity index (χ0v) is 12.4. The lowest BCUT2D eigenvalue weighted by atomic mass is 9.94. The maximum Gasteiger partial charge on any atom is 0.140 e. The number of fused-ring (bicyclic) bond motifs is 1. The van der Waals surface area contributed by atoms with Crippen LogP contribution in [0.25, 0.3) is 11.0 Å². The predicted molar refractivity (Wildman–Crippen MR) is 81.7 cm³/mol. The maximum atomic E-state index is 13.4. The highest BCUT2D eigenvalue weighted by Crippen LogP contribution is 2.35. The van der Waals surface area contributed by atoms with Crippen molar-refractivity contribution in [1.82, 2.24) is 0 Å². The largest absolute Gasteiger partial charge is 0.458 e. The third-order valence-corrected chi connectivity index (χ3v) is 4.36. The van der Waals surface area contributed by atoms with Crippen LogP contribution >= 0.6 is 0 Å². The van der Waals surface area contributed by atoms with E-state index in [4.69, 9.17) is 4.42 Å². The van der Waals surface area contributed by atoms with Gasteiger partial charge < -0.3 is 9.52 Å². The normalized spacial score (nSPS) is 20.6. The second-order valence-electron chi connectivity index (χ2n) is 5.87. The molecule has 1 heterocycles. The fourth-order valence-corrected chi connectivity index (χ4v) is 3.11. The summed E-state index contributed by atoms with van der Waals surface area (Å²) in [5.41, 5.74) is 2.51. The number of aliphatic hydroxyl groups excluding tert-OH is 1. The first-order valence-electron chi connectivity index (χ1n) is 7.72. The molecule has 1 aromatic heterocycles. The Morgan fingerprint density at radius 1 is 1.19 bits per heavy atom. The number of benzene rings is 1. The Kier molecular flexibility index (Phi) is 4.11. The minimum atomic E-state index is -0.710. The summed E-state index contributed by atoms with van der Waals surface area (Å²) >= 11 is 0. The van der Waals surface area contributed by atoms with Crippen LogP contribution in [0, 0.1) is 12.7 Å².